The fourth-order valence-corrected chi connectivity index (χ4v) is 5.49. The van der Waals surface area contributed by atoms with Gasteiger partial charge in [-0.2, -0.15) is 0 Å². The van der Waals surface area contributed by atoms with Crippen LogP contribution in [0.25, 0.3) is 12.2 Å². The molecule has 0 saturated carbocycles. The van der Waals surface area contributed by atoms with Crippen LogP contribution in [0.3, 0.4) is 0 Å². The van der Waals surface area contributed by atoms with Crippen LogP contribution < -0.4 is 9.47 Å². The van der Waals surface area contributed by atoms with Crippen molar-refractivity contribution in [2.24, 2.45) is 0 Å². The maximum absolute atomic E-state index is 5.51. The molecule has 2 aliphatic carbocycles. The summed E-state index contributed by atoms with van der Waals surface area (Å²) in [5.74, 6) is 2.57. The van der Waals surface area contributed by atoms with E-state index in [-0.39, 0.29) is 0 Å². The van der Waals surface area contributed by atoms with Gasteiger partial charge in [-0.15, -0.1) is 0 Å². The monoisotopic (exact) mass is 488 g/mol. The fraction of sp³-hybridized carbons (Fsp3) is 0.304. The Labute approximate surface area is 177 Å². The molecular formula is C23H22Br2O2. The van der Waals surface area contributed by atoms with Crippen LogP contribution in [-0.2, 0) is 0 Å². The minimum absolute atomic E-state index is 0.385. The Morgan fingerprint density at radius 2 is 1.15 bits per heavy atom. The standard InChI is InChI=1S/C23H22Br2O2/c1-12-5-20-18(7-14(26-3)9-22(20)24)16(12)11-17-13(2)6-21-19(17)8-15(27-4)10-23(21)25/h5-10,16-17H,11H2,1-4H3. The van der Waals surface area contributed by atoms with Gasteiger partial charge in [0.2, 0.25) is 0 Å². The Morgan fingerprint density at radius 3 is 1.52 bits per heavy atom. The molecule has 4 rings (SSSR count). The van der Waals surface area contributed by atoms with Crippen molar-refractivity contribution in [2.45, 2.75) is 32.1 Å². The molecular weight excluding hydrogens is 468 g/mol. The molecule has 0 aromatic heterocycles. The van der Waals surface area contributed by atoms with Crippen LogP contribution in [0, 0.1) is 0 Å². The van der Waals surface area contributed by atoms with Crippen LogP contribution >= 0.6 is 31.9 Å². The average Bonchev–Trinajstić information content (AvgIpc) is 3.13. The van der Waals surface area contributed by atoms with Crippen molar-refractivity contribution < 1.29 is 9.47 Å². The molecule has 140 valence electrons. The summed E-state index contributed by atoms with van der Waals surface area (Å²) in [6, 6.07) is 8.47. The van der Waals surface area contributed by atoms with Gasteiger partial charge in [-0.1, -0.05) is 55.2 Å². The first-order valence-corrected chi connectivity index (χ1v) is 10.6. The number of rotatable bonds is 4. The zero-order valence-corrected chi connectivity index (χ0v) is 19.1. The first-order chi connectivity index (χ1) is 12.9. The highest BCUT2D eigenvalue weighted by molar-refractivity contribution is 9.10. The van der Waals surface area contributed by atoms with E-state index in [1.807, 2.05) is 12.1 Å². The quantitative estimate of drug-likeness (QED) is 0.447. The molecule has 2 unspecified atom stereocenters. The van der Waals surface area contributed by atoms with Crippen molar-refractivity contribution in [1.82, 2.24) is 0 Å². The van der Waals surface area contributed by atoms with Gasteiger partial charge in [0.25, 0.3) is 0 Å². The lowest BCUT2D eigenvalue weighted by atomic mass is 9.82. The zero-order valence-electron chi connectivity index (χ0n) is 15.9. The van der Waals surface area contributed by atoms with Crippen molar-refractivity contribution >= 4 is 44.0 Å². The maximum Gasteiger partial charge on any atom is 0.120 e. The molecule has 4 heteroatoms. The van der Waals surface area contributed by atoms with Crippen LogP contribution in [-0.4, -0.2) is 14.2 Å². The molecule has 0 spiro atoms. The van der Waals surface area contributed by atoms with E-state index in [4.69, 9.17) is 9.47 Å². The average molecular weight is 490 g/mol. The molecule has 0 fully saturated rings. The van der Waals surface area contributed by atoms with Crippen molar-refractivity contribution in [1.29, 1.82) is 0 Å². The fourth-order valence-electron chi connectivity index (χ4n) is 4.35. The van der Waals surface area contributed by atoms with E-state index in [0.29, 0.717) is 11.8 Å². The first kappa shape index (κ1) is 18.8. The van der Waals surface area contributed by atoms with E-state index < -0.39 is 0 Å². The number of methoxy groups -OCH3 is 2. The largest absolute Gasteiger partial charge is 0.497 e. The van der Waals surface area contributed by atoms with Gasteiger partial charge < -0.3 is 9.47 Å². The number of halogens is 2. The molecule has 0 radical (unpaired) electrons. The summed E-state index contributed by atoms with van der Waals surface area (Å²) in [6.07, 6.45) is 5.66. The molecule has 2 atom stereocenters. The van der Waals surface area contributed by atoms with Crippen LogP contribution in [0.2, 0.25) is 0 Å². The SMILES string of the molecule is COc1cc(Br)c2c(c1)C(CC1C(C)=Cc3c(Br)cc(OC)cc31)C(C)=C2. The second-order valence-electron chi connectivity index (χ2n) is 7.34. The van der Waals surface area contributed by atoms with Crippen LogP contribution in [0.5, 0.6) is 11.5 Å². The molecule has 27 heavy (non-hydrogen) atoms. The highest BCUT2D eigenvalue weighted by Crippen LogP contribution is 2.51. The summed E-state index contributed by atoms with van der Waals surface area (Å²) in [7, 11) is 3.45. The zero-order chi connectivity index (χ0) is 19.3. The lowest BCUT2D eigenvalue weighted by molar-refractivity contribution is 0.413. The van der Waals surface area contributed by atoms with Crippen LogP contribution in [0.4, 0.5) is 0 Å². The Morgan fingerprint density at radius 1 is 0.741 bits per heavy atom. The minimum Gasteiger partial charge on any atom is -0.497 e. The molecule has 0 aliphatic heterocycles. The summed E-state index contributed by atoms with van der Waals surface area (Å²) < 4.78 is 13.2. The molecule has 2 nitrogen and oxygen atoms in total. The van der Waals surface area contributed by atoms with E-state index in [9.17, 15) is 0 Å². The third-order valence-electron chi connectivity index (χ3n) is 5.81. The van der Waals surface area contributed by atoms with E-state index in [1.54, 1.807) is 14.2 Å². The lowest BCUT2D eigenvalue weighted by Gasteiger charge is -2.23. The summed E-state index contributed by atoms with van der Waals surface area (Å²) in [5, 5.41) is 0. The van der Waals surface area contributed by atoms with E-state index >= 15 is 0 Å². The van der Waals surface area contributed by atoms with Gasteiger partial charge in [0, 0.05) is 20.8 Å². The van der Waals surface area contributed by atoms with E-state index in [2.05, 4.69) is 70.0 Å². The summed E-state index contributed by atoms with van der Waals surface area (Å²) in [6.45, 7) is 4.47. The minimum atomic E-state index is 0.385. The molecule has 2 aromatic carbocycles. The summed E-state index contributed by atoms with van der Waals surface area (Å²) >= 11 is 7.43. The smallest absolute Gasteiger partial charge is 0.120 e. The van der Waals surface area contributed by atoms with Gasteiger partial charge >= 0.3 is 0 Å². The van der Waals surface area contributed by atoms with Crippen LogP contribution in [0.1, 0.15) is 54.4 Å². The molecule has 2 aliphatic rings. The molecule has 2 aromatic rings. The molecule has 0 amide bonds. The third kappa shape index (κ3) is 3.17. The predicted octanol–water partition coefficient (Wildman–Crippen LogP) is 7.32. The van der Waals surface area contributed by atoms with Gasteiger partial charge in [-0.3, -0.25) is 0 Å². The highest BCUT2D eigenvalue weighted by atomic mass is 79.9. The Kier molecular flexibility index (Phi) is 4.98. The summed E-state index contributed by atoms with van der Waals surface area (Å²) in [4.78, 5) is 0. The summed E-state index contributed by atoms with van der Waals surface area (Å²) in [5.41, 5.74) is 8.07. The van der Waals surface area contributed by atoms with Crippen molar-refractivity contribution in [3.8, 4) is 11.5 Å². The molecule has 0 heterocycles. The number of hydrogen-bond donors (Lipinski definition) is 0. The van der Waals surface area contributed by atoms with Crippen molar-refractivity contribution in [3.63, 3.8) is 0 Å². The van der Waals surface area contributed by atoms with Gasteiger partial charge in [0.1, 0.15) is 11.5 Å². The Hall–Kier alpha value is -1.52. The van der Waals surface area contributed by atoms with Gasteiger partial charge in [-0.05, 0) is 66.8 Å². The number of allylic oxidation sites excluding steroid dienone is 2. The van der Waals surface area contributed by atoms with Gasteiger partial charge in [0.05, 0.1) is 14.2 Å². The second-order valence-corrected chi connectivity index (χ2v) is 9.05. The van der Waals surface area contributed by atoms with Crippen molar-refractivity contribution in [3.05, 3.63) is 66.6 Å². The second kappa shape index (κ2) is 7.14. The Bertz CT molecular complexity index is 909. The van der Waals surface area contributed by atoms with Gasteiger partial charge in [0.15, 0.2) is 0 Å². The first-order valence-electron chi connectivity index (χ1n) is 9.04. The number of ether oxygens (including phenoxy) is 2. The topological polar surface area (TPSA) is 18.5 Å². The Balaban J connectivity index is 1.74. The van der Waals surface area contributed by atoms with Crippen molar-refractivity contribution in [2.75, 3.05) is 14.2 Å². The number of fused-ring (bicyclic) bond motifs is 2. The predicted molar refractivity (Wildman–Crippen MR) is 119 cm³/mol. The van der Waals surface area contributed by atoms with E-state index in [0.717, 1.165) is 26.9 Å². The third-order valence-corrected chi connectivity index (χ3v) is 7.12. The maximum atomic E-state index is 5.51. The molecule has 0 saturated heterocycles. The number of hydrogen-bond acceptors (Lipinski definition) is 2. The van der Waals surface area contributed by atoms with E-state index in [1.165, 1.54) is 33.4 Å². The highest BCUT2D eigenvalue weighted by Gasteiger charge is 2.32. The number of benzene rings is 2. The molecule has 0 bridgehead atoms. The lowest BCUT2D eigenvalue weighted by Crippen LogP contribution is -2.07. The van der Waals surface area contributed by atoms with Gasteiger partial charge in [-0.25, -0.2) is 0 Å². The normalized spacial score (nSPS) is 20.1. The molecule has 0 N–H and O–H groups in total. The van der Waals surface area contributed by atoms with Crippen LogP contribution in [0.15, 0.2) is 44.4 Å².